The average Bonchev–Trinajstić information content (AvgIpc) is 3.10. The van der Waals surface area contributed by atoms with E-state index in [1.54, 1.807) is 18.9 Å². The molecule has 32 heavy (non-hydrogen) atoms. The maximum Gasteiger partial charge on any atom is 0.223 e. The summed E-state index contributed by atoms with van der Waals surface area (Å²) in [7, 11) is 1.76. The Bertz CT molecular complexity index is 1170. The smallest absolute Gasteiger partial charge is 0.223 e. The molecule has 6 heteroatoms. The highest BCUT2D eigenvalue weighted by Crippen LogP contribution is 2.36. The fourth-order valence-corrected chi connectivity index (χ4v) is 4.74. The first-order valence-corrected chi connectivity index (χ1v) is 11.2. The van der Waals surface area contributed by atoms with E-state index in [0.29, 0.717) is 12.1 Å². The summed E-state index contributed by atoms with van der Waals surface area (Å²) in [4.78, 5) is 15.9. The Morgan fingerprint density at radius 3 is 2.47 bits per heavy atom. The summed E-state index contributed by atoms with van der Waals surface area (Å²) < 4.78 is 2.13. The zero-order valence-electron chi connectivity index (χ0n) is 19.0. The zero-order chi connectivity index (χ0) is 22.8. The minimum Gasteiger partial charge on any atom is -0.387 e. The lowest BCUT2D eigenvalue weighted by Gasteiger charge is -2.28. The fourth-order valence-electron chi connectivity index (χ4n) is 4.74. The van der Waals surface area contributed by atoms with Crippen LogP contribution in [0.2, 0.25) is 0 Å². The number of aliphatic hydroxyl groups excluding tert-OH is 1. The zero-order valence-corrected chi connectivity index (χ0v) is 19.0. The molecular formula is C26H30N4O2. The maximum atomic E-state index is 12.0. The first kappa shape index (κ1) is 22.1. The molecule has 1 aliphatic rings. The largest absolute Gasteiger partial charge is 0.387 e. The number of piperidine rings is 1. The molecule has 3 aromatic rings. The van der Waals surface area contributed by atoms with Crippen LogP contribution in [0, 0.1) is 18.3 Å². The second kappa shape index (κ2) is 9.15. The van der Waals surface area contributed by atoms with Crippen LogP contribution in [0.3, 0.4) is 0 Å². The molecule has 6 nitrogen and oxygen atoms in total. The third kappa shape index (κ3) is 4.14. The molecular weight excluding hydrogens is 400 g/mol. The van der Waals surface area contributed by atoms with Crippen molar-refractivity contribution in [2.45, 2.75) is 39.2 Å². The van der Waals surface area contributed by atoms with Crippen molar-refractivity contribution in [3.8, 4) is 11.8 Å². The highest BCUT2D eigenvalue weighted by Gasteiger charge is 2.24. The SMILES string of the molecule is CC(=O)N(C)c1ccc2c(c1)c(C(O)CN1CCCCC1)c(C)n2-c1ccc(C#N)cc1. The molecule has 0 bridgehead atoms. The van der Waals surface area contributed by atoms with Crippen LogP contribution >= 0.6 is 0 Å². The summed E-state index contributed by atoms with van der Waals surface area (Å²) in [6, 6.07) is 15.6. The maximum absolute atomic E-state index is 12.0. The van der Waals surface area contributed by atoms with E-state index in [4.69, 9.17) is 5.26 Å². The number of amides is 1. The number of β-amino-alcohol motifs (C(OH)–C–C–N with tert-alkyl or cyclic N) is 1. The number of hydrogen-bond donors (Lipinski definition) is 1. The molecule has 0 spiro atoms. The number of nitriles is 1. The third-order valence-corrected chi connectivity index (χ3v) is 6.56. The fraction of sp³-hybridized carbons (Fsp3) is 0.385. The number of likely N-dealkylation sites (tertiary alicyclic amines) is 1. The Balaban J connectivity index is 1.85. The van der Waals surface area contributed by atoms with Gasteiger partial charge in [0.15, 0.2) is 0 Å². The number of aromatic nitrogens is 1. The summed E-state index contributed by atoms with van der Waals surface area (Å²) in [6.07, 6.45) is 2.97. The lowest BCUT2D eigenvalue weighted by Crippen LogP contribution is -2.33. The number of nitrogens with zero attached hydrogens (tertiary/aromatic N) is 4. The molecule has 1 fully saturated rings. The Morgan fingerprint density at radius 2 is 1.84 bits per heavy atom. The minimum atomic E-state index is -0.631. The first-order chi connectivity index (χ1) is 15.4. The number of hydrogen-bond acceptors (Lipinski definition) is 4. The van der Waals surface area contributed by atoms with Gasteiger partial charge >= 0.3 is 0 Å². The summed E-state index contributed by atoms with van der Waals surface area (Å²) in [5.74, 6) is -0.0389. The molecule has 1 N–H and O–H groups in total. The van der Waals surface area contributed by atoms with Crippen LogP contribution in [0.25, 0.3) is 16.6 Å². The molecule has 166 valence electrons. The van der Waals surface area contributed by atoms with Gasteiger partial charge in [-0.2, -0.15) is 5.26 Å². The van der Waals surface area contributed by atoms with E-state index in [2.05, 4.69) is 15.5 Å². The van der Waals surface area contributed by atoms with Gasteiger partial charge < -0.3 is 19.5 Å². The van der Waals surface area contributed by atoms with Gasteiger partial charge in [0.05, 0.1) is 23.3 Å². The predicted molar refractivity (Wildman–Crippen MR) is 127 cm³/mol. The quantitative estimate of drug-likeness (QED) is 0.655. The Labute approximate surface area is 189 Å². The summed E-state index contributed by atoms with van der Waals surface area (Å²) in [5.41, 5.74) is 5.19. The normalized spacial score (nSPS) is 15.5. The van der Waals surface area contributed by atoms with E-state index >= 15 is 0 Å². The molecule has 2 aromatic carbocycles. The molecule has 0 saturated carbocycles. The Kier molecular flexibility index (Phi) is 6.31. The number of anilines is 1. The molecule has 0 radical (unpaired) electrons. The van der Waals surface area contributed by atoms with Gasteiger partial charge in [-0.3, -0.25) is 4.79 Å². The van der Waals surface area contributed by atoms with Crippen molar-refractivity contribution in [1.82, 2.24) is 9.47 Å². The molecule has 0 aliphatic carbocycles. The van der Waals surface area contributed by atoms with Crippen LogP contribution in [0.15, 0.2) is 42.5 Å². The van der Waals surface area contributed by atoms with Gasteiger partial charge in [-0.25, -0.2) is 0 Å². The van der Waals surface area contributed by atoms with Gasteiger partial charge in [0.1, 0.15) is 0 Å². The highest BCUT2D eigenvalue weighted by atomic mass is 16.3. The molecule has 1 atom stereocenters. The van der Waals surface area contributed by atoms with Gasteiger partial charge in [0, 0.05) is 48.5 Å². The van der Waals surface area contributed by atoms with Crippen LogP contribution in [0.5, 0.6) is 0 Å². The van der Waals surface area contributed by atoms with Crippen molar-refractivity contribution in [2.24, 2.45) is 0 Å². The summed E-state index contributed by atoms with van der Waals surface area (Å²) in [5, 5.41) is 21.5. The monoisotopic (exact) mass is 430 g/mol. The number of aliphatic hydroxyl groups is 1. The van der Waals surface area contributed by atoms with E-state index in [0.717, 1.165) is 46.6 Å². The van der Waals surface area contributed by atoms with Crippen LogP contribution in [0.4, 0.5) is 5.69 Å². The number of benzene rings is 2. The van der Waals surface area contributed by atoms with Crippen molar-refractivity contribution in [3.63, 3.8) is 0 Å². The average molecular weight is 431 g/mol. The van der Waals surface area contributed by atoms with E-state index in [-0.39, 0.29) is 5.91 Å². The summed E-state index contributed by atoms with van der Waals surface area (Å²) >= 11 is 0. The Hall–Kier alpha value is -3.14. The van der Waals surface area contributed by atoms with E-state index in [1.165, 1.54) is 19.3 Å². The molecule has 4 rings (SSSR count). The van der Waals surface area contributed by atoms with E-state index < -0.39 is 6.10 Å². The van der Waals surface area contributed by atoms with Crippen LogP contribution < -0.4 is 4.90 Å². The number of carbonyl (C=O) groups is 1. The molecule has 1 aliphatic heterocycles. The van der Waals surface area contributed by atoms with Crippen molar-refractivity contribution in [2.75, 3.05) is 31.6 Å². The second-order valence-corrected chi connectivity index (χ2v) is 8.65. The van der Waals surface area contributed by atoms with Crippen LogP contribution in [-0.4, -0.2) is 47.2 Å². The predicted octanol–water partition coefficient (Wildman–Crippen LogP) is 4.31. The lowest BCUT2D eigenvalue weighted by molar-refractivity contribution is -0.116. The van der Waals surface area contributed by atoms with Gasteiger partial charge in [0.2, 0.25) is 5.91 Å². The lowest BCUT2D eigenvalue weighted by atomic mass is 10.0. The van der Waals surface area contributed by atoms with Gasteiger partial charge in [-0.05, 0) is 75.3 Å². The van der Waals surface area contributed by atoms with E-state index in [9.17, 15) is 9.90 Å². The van der Waals surface area contributed by atoms with Gasteiger partial charge in [0.25, 0.3) is 0 Å². The second-order valence-electron chi connectivity index (χ2n) is 8.65. The summed E-state index contributed by atoms with van der Waals surface area (Å²) in [6.45, 7) is 6.20. The first-order valence-electron chi connectivity index (χ1n) is 11.2. The standard InChI is InChI=1S/C26H30N4O2/c1-18-26(25(32)17-29-13-5-4-6-14-29)23-15-22(28(3)19(2)31)11-12-24(23)30(18)21-9-7-20(16-27)8-10-21/h7-12,15,25,32H,4-6,13-14,17H2,1-3H3. The minimum absolute atomic E-state index is 0.0389. The van der Waals surface area contributed by atoms with Crippen molar-refractivity contribution in [3.05, 3.63) is 59.3 Å². The van der Waals surface area contributed by atoms with Crippen LogP contribution in [0.1, 0.15) is 49.1 Å². The van der Waals surface area contributed by atoms with Crippen molar-refractivity contribution >= 4 is 22.5 Å². The van der Waals surface area contributed by atoms with Gasteiger partial charge in [-0.15, -0.1) is 0 Å². The van der Waals surface area contributed by atoms with Gasteiger partial charge in [-0.1, -0.05) is 6.42 Å². The molecule has 1 saturated heterocycles. The topological polar surface area (TPSA) is 72.5 Å². The molecule has 1 aromatic heterocycles. The van der Waals surface area contributed by atoms with Crippen molar-refractivity contribution < 1.29 is 9.90 Å². The number of carbonyl (C=O) groups excluding carboxylic acids is 1. The van der Waals surface area contributed by atoms with E-state index in [1.807, 2.05) is 49.4 Å². The molecule has 1 unspecified atom stereocenters. The third-order valence-electron chi connectivity index (χ3n) is 6.56. The molecule has 2 heterocycles. The van der Waals surface area contributed by atoms with Crippen molar-refractivity contribution in [1.29, 1.82) is 5.26 Å². The van der Waals surface area contributed by atoms with Crippen LogP contribution in [-0.2, 0) is 4.79 Å². The highest BCUT2D eigenvalue weighted by molar-refractivity contribution is 5.96. The Morgan fingerprint density at radius 1 is 1.16 bits per heavy atom. The number of fused-ring (bicyclic) bond motifs is 1. The number of rotatable bonds is 5. The molecule has 1 amide bonds.